The molecule has 0 saturated heterocycles. The van der Waals surface area contributed by atoms with Crippen molar-refractivity contribution < 1.29 is 21.6 Å². The van der Waals surface area contributed by atoms with Crippen molar-refractivity contribution >= 4 is 33.4 Å². The van der Waals surface area contributed by atoms with E-state index in [2.05, 4.69) is 4.98 Å². The van der Waals surface area contributed by atoms with Crippen molar-refractivity contribution in [2.75, 3.05) is 6.26 Å². The molecule has 0 bridgehead atoms. The molecule has 1 aliphatic carbocycles. The van der Waals surface area contributed by atoms with Gasteiger partial charge in [0.05, 0.1) is 10.8 Å². The van der Waals surface area contributed by atoms with Crippen molar-refractivity contribution in [3.05, 3.63) is 66.3 Å². The third kappa shape index (κ3) is 4.29. The van der Waals surface area contributed by atoms with Gasteiger partial charge in [-0.25, -0.2) is 18.5 Å². The molecule has 2 N–H and O–H groups in total. The quantitative estimate of drug-likeness (QED) is 0.564. The molecule has 28 heavy (non-hydrogen) atoms. The number of aromatic nitrogens is 2. The molecule has 2 aromatic rings. The van der Waals surface area contributed by atoms with E-state index in [0.717, 1.165) is 6.20 Å². The minimum Gasteiger partial charge on any atom is -0.302 e. The van der Waals surface area contributed by atoms with Crippen molar-refractivity contribution in [3.8, 4) is 5.69 Å². The summed E-state index contributed by atoms with van der Waals surface area (Å²) in [6.45, 7) is 0. The Hall–Kier alpha value is -1.75. The molecular weight excluding hydrogens is 435 g/mol. The second-order valence-electron chi connectivity index (χ2n) is 6.04. The number of rotatable bonds is 4. The minimum absolute atomic E-state index is 0.128. The fraction of sp³-hybridized carbons (Fsp3) is 0.235. The molecule has 11 heteroatoms. The molecule has 0 amide bonds. The summed E-state index contributed by atoms with van der Waals surface area (Å²) in [4.78, 5) is 3.63. The van der Waals surface area contributed by atoms with Gasteiger partial charge in [0, 0.05) is 11.9 Å². The first-order chi connectivity index (χ1) is 12.9. The number of primary sulfonamides is 1. The molecule has 0 aliphatic heterocycles. The van der Waals surface area contributed by atoms with E-state index < -0.39 is 32.0 Å². The van der Waals surface area contributed by atoms with Gasteiger partial charge in [-0.15, -0.1) is 11.8 Å². The van der Waals surface area contributed by atoms with Crippen LogP contribution in [0.15, 0.2) is 59.7 Å². The fourth-order valence-electron chi connectivity index (χ4n) is 2.67. The number of imidazole rings is 1. The summed E-state index contributed by atoms with van der Waals surface area (Å²) >= 11 is 7.70. The molecule has 1 heterocycles. The van der Waals surface area contributed by atoms with Gasteiger partial charge in [0.2, 0.25) is 10.0 Å². The number of halogens is 4. The number of hydrogen-bond acceptors (Lipinski definition) is 4. The van der Waals surface area contributed by atoms with Crippen LogP contribution in [0.1, 0.15) is 17.4 Å². The summed E-state index contributed by atoms with van der Waals surface area (Å²) in [6.07, 6.45) is 4.82. The lowest BCUT2D eigenvalue weighted by molar-refractivity contribution is -0.141. The maximum atomic E-state index is 13.2. The number of nitrogens with two attached hydrogens (primary N) is 1. The predicted octanol–water partition coefficient (Wildman–Crippen LogP) is 4.05. The molecule has 0 saturated carbocycles. The number of alkyl halides is 4. The van der Waals surface area contributed by atoms with E-state index in [1.54, 1.807) is 24.3 Å². The van der Waals surface area contributed by atoms with Gasteiger partial charge >= 0.3 is 6.18 Å². The van der Waals surface area contributed by atoms with Gasteiger partial charge in [0.25, 0.3) is 0 Å². The highest BCUT2D eigenvalue weighted by atomic mass is 35.5. The average molecular weight is 450 g/mol. The van der Waals surface area contributed by atoms with Crippen molar-refractivity contribution in [1.29, 1.82) is 0 Å². The summed E-state index contributed by atoms with van der Waals surface area (Å²) in [5.74, 6) is -0.406. The van der Waals surface area contributed by atoms with E-state index in [1.165, 1.54) is 40.6 Å². The van der Waals surface area contributed by atoms with Crippen LogP contribution in [0.3, 0.4) is 0 Å². The minimum atomic E-state index is -4.63. The highest BCUT2D eigenvalue weighted by molar-refractivity contribution is 8.01. The number of allylic oxidation sites excluding steroid dienone is 2. The Labute approximate surface area is 169 Å². The number of thioether (sulfide) groups is 1. The molecule has 1 aromatic carbocycles. The molecule has 0 unspecified atom stereocenters. The zero-order valence-electron chi connectivity index (χ0n) is 14.4. The largest absolute Gasteiger partial charge is 0.434 e. The fourth-order valence-corrected chi connectivity index (χ4v) is 3.76. The molecule has 150 valence electrons. The zero-order valence-corrected chi connectivity index (χ0v) is 16.8. The number of hydrogen-bond donors (Lipinski definition) is 1. The van der Waals surface area contributed by atoms with Gasteiger partial charge in [0.15, 0.2) is 5.69 Å². The summed E-state index contributed by atoms with van der Waals surface area (Å²) < 4.78 is 63.0. The summed E-state index contributed by atoms with van der Waals surface area (Å²) in [7, 11) is -3.91. The van der Waals surface area contributed by atoms with Gasteiger partial charge < -0.3 is 4.57 Å². The van der Waals surface area contributed by atoms with Crippen LogP contribution in [0.2, 0.25) is 0 Å². The van der Waals surface area contributed by atoms with Gasteiger partial charge in [-0.2, -0.15) is 13.2 Å². The van der Waals surface area contributed by atoms with E-state index in [9.17, 15) is 21.6 Å². The van der Waals surface area contributed by atoms with Gasteiger partial charge in [-0.1, -0.05) is 35.9 Å². The average Bonchev–Trinajstić information content (AvgIpc) is 3.07. The Balaban J connectivity index is 2.07. The predicted molar refractivity (Wildman–Crippen MR) is 103 cm³/mol. The maximum Gasteiger partial charge on any atom is 0.434 e. The first-order valence-corrected chi connectivity index (χ1v) is 11.0. The summed E-state index contributed by atoms with van der Waals surface area (Å²) in [5.41, 5.74) is -0.729. The van der Waals surface area contributed by atoms with E-state index in [0.29, 0.717) is 5.69 Å². The third-order valence-electron chi connectivity index (χ3n) is 4.14. The molecule has 1 aliphatic rings. The number of sulfonamides is 1. The van der Waals surface area contributed by atoms with Crippen LogP contribution in [0.4, 0.5) is 13.2 Å². The number of nitrogens with zero attached hydrogens (tertiary/aromatic N) is 2. The monoisotopic (exact) mass is 449 g/mol. The van der Waals surface area contributed by atoms with Crippen LogP contribution < -0.4 is 5.14 Å². The second kappa shape index (κ2) is 7.25. The maximum absolute atomic E-state index is 13.2. The summed E-state index contributed by atoms with van der Waals surface area (Å²) in [5, 5.41) is 5.06. The molecule has 3 rings (SSSR count). The molecule has 0 fully saturated rings. The Kier molecular flexibility index (Phi) is 5.43. The molecular formula is C17H15ClF3N3O2S2. The standard InChI is InChI=1S/C17H15ClF3N3O2S2/c1-27-16(18)8-6-11(7-9-16)15-23-14(17(19,20)21)10-24(15)12-2-4-13(5-3-12)28(22,25)26/h2-11H,1H3,(H2,22,25,26). The van der Waals surface area contributed by atoms with Crippen LogP contribution in [-0.2, 0) is 16.2 Å². The Morgan fingerprint density at radius 3 is 2.25 bits per heavy atom. The lowest BCUT2D eigenvalue weighted by Crippen LogP contribution is -2.15. The van der Waals surface area contributed by atoms with Crippen LogP contribution in [0.5, 0.6) is 0 Å². The number of benzene rings is 1. The van der Waals surface area contributed by atoms with Gasteiger partial charge in [-0.3, -0.25) is 0 Å². The van der Waals surface area contributed by atoms with E-state index in [4.69, 9.17) is 16.7 Å². The SMILES string of the molecule is CSC1(Cl)C=CC(c2nc(C(F)(F)F)cn2-c2ccc(S(N)(=O)=O)cc2)C=C1. The molecule has 0 atom stereocenters. The summed E-state index contributed by atoms with van der Waals surface area (Å²) in [6, 6.07) is 5.20. The normalized spacial score (nSPS) is 22.6. The highest BCUT2D eigenvalue weighted by Gasteiger charge is 2.36. The third-order valence-corrected chi connectivity index (χ3v) is 6.68. The molecule has 5 nitrogen and oxygen atoms in total. The topological polar surface area (TPSA) is 78.0 Å². The zero-order chi connectivity index (χ0) is 20.7. The highest BCUT2D eigenvalue weighted by Crippen LogP contribution is 2.38. The lowest BCUT2D eigenvalue weighted by atomic mass is 10.0. The first-order valence-electron chi connectivity index (χ1n) is 7.85. The first kappa shape index (κ1) is 21.0. The van der Waals surface area contributed by atoms with Crippen LogP contribution in [0.25, 0.3) is 5.69 Å². The van der Waals surface area contributed by atoms with Gasteiger partial charge in [0.1, 0.15) is 10.0 Å². The van der Waals surface area contributed by atoms with Crippen LogP contribution >= 0.6 is 23.4 Å². The van der Waals surface area contributed by atoms with Crippen molar-refractivity contribution in [3.63, 3.8) is 0 Å². The Bertz CT molecular complexity index is 1030. The van der Waals surface area contributed by atoms with Crippen molar-refractivity contribution in [1.82, 2.24) is 9.55 Å². The molecule has 0 spiro atoms. The second-order valence-corrected chi connectivity index (χ2v) is 9.53. The molecule has 1 aromatic heterocycles. The van der Waals surface area contributed by atoms with Crippen LogP contribution in [-0.4, -0.2) is 28.4 Å². The van der Waals surface area contributed by atoms with Gasteiger partial charge in [-0.05, 0) is 30.5 Å². The molecule has 0 radical (unpaired) electrons. The lowest BCUT2D eigenvalue weighted by Gasteiger charge is -2.22. The van der Waals surface area contributed by atoms with E-state index in [-0.39, 0.29) is 10.7 Å². The van der Waals surface area contributed by atoms with Crippen LogP contribution in [0, 0.1) is 0 Å². The van der Waals surface area contributed by atoms with Crippen molar-refractivity contribution in [2.45, 2.75) is 21.2 Å². The Morgan fingerprint density at radius 1 is 1.21 bits per heavy atom. The van der Waals surface area contributed by atoms with E-state index in [1.807, 2.05) is 6.26 Å². The van der Waals surface area contributed by atoms with E-state index >= 15 is 0 Å². The van der Waals surface area contributed by atoms with Crippen molar-refractivity contribution in [2.24, 2.45) is 5.14 Å². The smallest absolute Gasteiger partial charge is 0.302 e. The Morgan fingerprint density at radius 2 is 1.79 bits per heavy atom.